The number of carbonyl (C=O) groups is 3. The molecule has 3 rings (SSSR count). The van der Waals surface area contributed by atoms with E-state index in [9.17, 15) is 22.8 Å². The van der Waals surface area contributed by atoms with Crippen molar-refractivity contribution < 1.29 is 46.5 Å². The number of hydrogen-bond acceptors (Lipinski definition) is 10. The zero-order chi connectivity index (χ0) is 30.3. The van der Waals surface area contributed by atoms with Crippen LogP contribution in [0.2, 0.25) is 5.02 Å². The van der Waals surface area contributed by atoms with E-state index in [4.69, 9.17) is 35.3 Å². The number of benzene rings is 3. The fourth-order valence-electron chi connectivity index (χ4n) is 3.76. The molecule has 0 aliphatic carbocycles. The summed E-state index contributed by atoms with van der Waals surface area (Å²) in [5.41, 5.74) is -0.197. The van der Waals surface area contributed by atoms with Gasteiger partial charge in [-0.2, -0.15) is 0 Å². The molecule has 0 bridgehead atoms. The fourth-order valence-corrected chi connectivity index (χ4v) is 5.37. The molecule has 0 spiro atoms. The van der Waals surface area contributed by atoms with Crippen LogP contribution in [-0.4, -0.2) is 68.4 Å². The maximum atomic E-state index is 14.0. The van der Waals surface area contributed by atoms with Gasteiger partial charge in [-0.3, -0.25) is 9.10 Å². The van der Waals surface area contributed by atoms with E-state index >= 15 is 0 Å². The summed E-state index contributed by atoms with van der Waals surface area (Å²) in [6.45, 7) is -0.795. The van der Waals surface area contributed by atoms with Crippen molar-refractivity contribution in [3.05, 3.63) is 70.7 Å². The number of carbonyl (C=O) groups excluding carboxylic acids is 3. The first-order chi connectivity index (χ1) is 19.5. The molecule has 0 saturated heterocycles. The molecular weight excluding hydrogens is 580 g/mol. The van der Waals surface area contributed by atoms with Crippen molar-refractivity contribution in [2.24, 2.45) is 0 Å². The number of esters is 2. The molecule has 0 fully saturated rings. The van der Waals surface area contributed by atoms with Gasteiger partial charge < -0.3 is 29.0 Å². The Kier molecular flexibility index (Phi) is 10.0. The van der Waals surface area contributed by atoms with Gasteiger partial charge in [0, 0.05) is 11.1 Å². The van der Waals surface area contributed by atoms with E-state index in [-0.39, 0.29) is 49.7 Å². The van der Waals surface area contributed by atoms with Gasteiger partial charge in [-0.05, 0) is 48.5 Å². The van der Waals surface area contributed by atoms with Crippen LogP contribution in [0.15, 0.2) is 59.5 Å². The highest BCUT2D eigenvalue weighted by Gasteiger charge is 2.31. The van der Waals surface area contributed by atoms with Crippen molar-refractivity contribution in [2.45, 2.75) is 4.90 Å². The standard InChI is InChI=1S/C27H27ClN2O10S/c1-36-22-10-7-17(28)13-21(22)30(41(34,35)18-8-11-23(37-2)24(14-18)38-3)15-25(31)29-20-12-16(26(32)39-4)6-9-19(20)27(33)40-5/h6-14H,15H2,1-5H3,(H,29,31). The van der Waals surface area contributed by atoms with Gasteiger partial charge in [0.05, 0.1) is 62.9 Å². The summed E-state index contributed by atoms with van der Waals surface area (Å²) in [4.78, 5) is 37.6. The topological polar surface area (TPSA) is 147 Å². The molecule has 218 valence electrons. The summed E-state index contributed by atoms with van der Waals surface area (Å²) in [5.74, 6) is -1.87. The highest BCUT2D eigenvalue weighted by atomic mass is 35.5. The maximum absolute atomic E-state index is 14.0. The van der Waals surface area contributed by atoms with Gasteiger partial charge in [0.2, 0.25) is 5.91 Å². The molecule has 0 atom stereocenters. The molecule has 0 saturated carbocycles. The van der Waals surface area contributed by atoms with Crippen LogP contribution in [0.4, 0.5) is 11.4 Å². The fraction of sp³-hybridized carbons (Fsp3) is 0.222. The Bertz CT molecular complexity index is 1580. The number of amides is 1. The second-order valence-corrected chi connectivity index (χ2v) is 10.4. The lowest BCUT2D eigenvalue weighted by Gasteiger charge is -2.26. The molecule has 1 amide bonds. The number of rotatable bonds is 11. The highest BCUT2D eigenvalue weighted by molar-refractivity contribution is 7.92. The molecule has 0 aromatic heterocycles. The third-order valence-electron chi connectivity index (χ3n) is 5.76. The lowest BCUT2D eigenvalue weighted by atomic mass is 10.1. The van der Waals surface area contributed by atoms with Crippen molar-refractivity contribution >= 4 is 50.8 Å². The summed E-state index contributed by atoms with van der Waals surface area (Å²) in [6.07, 6.45) is 0. The van der Waals surface area contributed by atoms with Crippen LogP contribution in [0.25, 0.3) is 0 Å². The number of nitrogens with one attached hydrogen (secondary N) is 1. The molecule has 3 aromatic rings. The number of anilines is 2. The van der Waals surface area contributed by atoms with E-state index in [0.717, 1.165) is 11.4 Å². The zero-order valence-corrected chi connectivity index (χ0v) is 24.3. The van der Waals surface area contributed by atoms with Crippen LogP contribution in [0.3, 0.4) is 0 Å². The second-order valence-electron chi connectivity index (χ2n) is 8.14. The minimum Gasteiger partial charge on any atom is -0.495 e. The van der Waals surface area contributed by atoms with Crippen LogP contribution in [-0.2, 0) is 24.3 Å². The van der Waals surface area contributed by atoms with Crippen molar-refractivity contribution in [3.63, 3.8) is 0 Å². The SMILES string of the molecule is COC(=O)c1ccc(C(=O)OC)c(NC(=O)CN(c2cc(Cl)ccc2OC)S(=O)(=O)c2ccc(OC)c(OC)c2)c1. The molecular formula is C27H27ClN2O10S. The molecule has 0 unspecified atom stereocenters. The molecule has 0 radical (unpaired) electrons. The van der Waals surface area contributed by atoms with Crippen molar-refractivity contribution in [2.75, 3.05) is 51.7 Å². The Balaban J connectivity index is 2.12. The Labute approximate surface area is 241 Å². The average Bonchev–Trinajstić information content (AvgIpc) is 2.98. The van der Waals surface area contributed by atoms with Crippen molar-refractivity contribution in [1.29, 1.82) is 0 Å². The van der Waals surface area contributed by atoms with E-state index in [1.165, 1.54) is 83.0 Å². The Morgan fingerprint density at radius 2 is 1.41 bits per heavy atom. The lowest BCUT2D eigenvalue weighted by Crippen LogP contribution is -2.38. The first-order valence-corrected chi connectivity index (χ1v) is 13.5. The van der Waals surface area contributed by atoms with E-state index in [1.54, 1.807) is 0 Å². The predicted molar refractivity (Wildman–Crippen MR) is 150 cm³/mol. The summed E-state index contributed by atoms with van der Waals surface area (Å²) >= 11 is 6.19. The molecule has 1 N–H and O–H groups in total. The number of methoxy groups -OCH3 is 5. The van der Waals surface area contributed by atoms with E-state index in [0.29, 0.717) is 0 Å². The van der Waals surface area contributed by atoms with E-state index < -0.39 is 34.4 Å². The smallest absolute Gasteiger partial charge is 0.339 e. The summed E-state index contributed by atoms with van der Waals surface area (Å²) in [7, 11) is 1.92. The van der Waals surface area contributed by atoms with Gasteiger partial charge in [0.15, 0.2) is 11.5 Å². The number of nitrogens with zero attached hydrogens (tertiary/aromatic N) is 1. The lowest BCUT2D eigenvalue weighted by molar-refractivity contribution is -0.114. The molecule has 0 aliphatic heterocycles. The third kappa shape index (κ3) is 6.81. The molecule has 41 heavy (non-hydrogen) atoms. The van der Waals surface area contributed by atoms with Gasteiger partial charge in [-0.1, -0.05) is 11.6 Å². The van der Waals surface area contributed by atoms with Crippen molar-refractivity contribution in [3.8, 4) is 17.2 Å². The minimum absolute atomic E-state index is 0.0294. The first-order valence-electron chi connectivity index (χ1n) is 11.7. The van der Waals surface area contributed by atoms with E-state index in [2.05, 4.69) is 5.32 Å². The molecule has 0 heterocycles. The van der Waals surface area contributed by atoms with Crippen LogP contribution in [0, 0.1) is 0 Å². The van der Waals surface area contributed by atoms with Gasteiger partial charge >= 0.3 is 11.9 Å². The molecule has 0 aliphatic rings. The number of halogens is 1. The summed E-state index contributed by atoms with van der Waals surface area (Å²) in [5, 5.41) is 2.66. The molecule has 3 aromatic carbocycles. The van der Waals surface area contributed by atoms with Crippen LogP contribution in [0.5, 0.6) is 17.2 Å². The third-order valence-corrected chi connectivity index (χ3v) is 7.75. The van der Waals surface area contributed by atoms with Gasteiger partial charge in [-0.15, -0.1) is 0 Å². The van der Waals surface area contributed by atoms with E-state index in [1.807, 2.05) is 0 Å². The largest absolute Gasteiger partial charge is 0.495 e. The minimum atomic E-state index is -4.47. The highest BCUT2D eigenvalue weighted by Crippen LogP contribution is 2.37. The van der Waals surface area contributed by atoms with Gasteiger partial charge in [-0.25, -0.2) is 18.0 Å². The Morgan fingerprint density at radius 3 is 2.02 bits per heavy atom. The average molecular weight is 607 g/mol. The number of sulfonamides is 1. The predicted octanol–water partition coefficient (Wildman–Crippen LogP) is 3.77. The van der Waals surface area contributed by atoms with Crippen LogP contribution in [0.1, 0.15) is 20.7 Å². The summed E-state index contributed by atoms with van der Waals surface area (Å²) < 4.78 is 54.1. The maximum Gasteiger partial charge on any atom is 0.339 e. The van der Waals surface area contributed by atoms with Crippen LogP contribution >= 0.6 is 11.6 Å². The number of hydrogen-bond donors (Lipinski definition) is 1. The summed E-state index contributed by atoms with van der Waals surface area (Å²) in [6, 6.07) is 12.0. The monoisotopic (exact) mass is 606 g/mol. The quantitative estimate of drug-likeness (QED) is 0.320. The Morgan fingerprint density at radius 1 is 0.780 bits per heavy atom. The second kappa shape index (κ2) is 13.2. The Hall–Kier alpha value is -4.49. The number of ether oxygens (including phenoxy) is 5. The van der Waals surface area contributed by atoms with Gasteiger partial charge in [0.25, 0.3) is 10.0 Å². The normalized spacial score (nSPS) is 10.8. The molecule has 14 heteroatoms. The van der Waals surface area contributed by atoms with Crippen molar-refractivity contribution in [1.82, 2.24) is 0 Å². The zero-order valence-electron chi connectivity index (χ0n) is 22.7. The first kappa shape index (κ1) is 31.0. The molecule has 12 nitrogen and oxygen atoms in total. The van der Waals surface area contributed by atoms with Gasteiger partial charge in [0.1, 0.15) is 12.3 Å². The van der Waals surface area contributed by atoms with Crippen LogP contribution < -0.4 is 23.8 Å².